The summed E-state index contributed by atoms with van der Waals surface area (Å²) in [6.45, 7) is 4.33. The van der Waals surface area contributed by atoms with Crippen LogP contribution in [-0.4, -0.2) is 28.8 Å². The number of amides is 2. The zero-order valence-electron chi connectivity index (χ0n) is 19.9. The lowest BCUT2D eigenvalue weighted by Gasteiger charge is -2.32. The number of halogens is 1. The fourth-order valence-electron chi connectivity index (χ4n) is 3.87. The van der Waals surface area contributed by atoms with Gasteiger partial charge >= 0.3 is 0 Å². The van der Waals surface area contributed by atoms with Crippen LogP contribution in [0, 0.1) is 0 Å². The molecule has 0 bridgehead atoms. The Morgan fingerprint density at radius 2 is 1.50 bits per heavy atom. The molecular formula is C29H33ClN2O2. The maximum Gasteiger partial charge on any atom is 0.243 e. The molecule has 0 saturated heterocycles. The first-order chi connectivity index (χ1) is 16.5. The largest absolute Gasteiger partial charge is 0.352 e. The maximum atomic E-state index is 13.6. The second-order valence-corrected chi connectivity index (χ2v) is 9.10. The molecular weight excluding hydrogens is 444 g/mol. The van der Waals surface area contributed by atoms with Crippen LogP contribution in [0.4, 0.5) is 0 Å². The molecule has 2 amide bonds. The van der Waals surface area contributed by atoms with Crippen LogP contribution in [0.5, 0.6) is 0 Å². The van der Waals surface area contributed by atoms with E-state index in [9.17, 15) is 9.59 Å². The van der Waals surface area contributed by atoms with Crippen LogP contribution in [0.15, 0.2) is 84.9 Å². The minimum absolute atomic E-state index is 0.0261. The van der Waals surface area contributed by atoms with Crippen LogP contribution < -0.4 is 5.32 Å². The molecule has 2 atom stereocenters. The zero-order valence-corrected chi connectivity index (χ0v) is 20.7. The quantitative estimate of drug-likeness (QED) is 0.378. The molecule has 178 valence electrons. The molecule has 0 heterocycles. The molecule has 0 aliphatic heterocycles. The molecule has 3 aromatic rings. The van der Waals surface area contributed by atoms with E-state index in [1.165, 1.54) is 0 Å². The summed E-state index contributed by atoms with van der Waals surface area (Å²) in [4.78, 5) is 28.8. The Hall–Kier alpha value is -3.11. The van der Waals surface area contributed by atoms with Crippen molar-refractivity contribution in [3.05, 3.63) is 107 Å². The minimum Gasteiger partial charge on any atom is -0.352 e. The summed E-state index contributed by atoms with van der Waals surface area (Å²) in [7, 11) is 0. The summed E-state index contributed by atoms with van der Waals surface area (Å²) in [6, 6.07) is 26.7. The van der Waals surface area contributed by atoms with E-state index in [2.05, 4.69) is 5.32 Å². The first kappa shape index (κ1) is 25.5. The summed E-state index contributed by atoms with van der Waals surface area (Å²) in [5.41, 5.74) is 3.01. The number of hydrogen-bond donors (Lipinski definition) is 1. The number of carbonyl (C=O) groups excluding carboxylic acids is 2. The Morgan fingerprint density at radius 1 is 0.882 bits per heavy atom. The number of rotatable bonds is 11. The van der Waals surface area contributed by atoms with Crippen LogP contribution in [0.25, 0.3) is 0 Å². The van der Waals surface area contributed by atoms with E-state index in [1.807, 2.05) is 98.8 Å². The first-order valence-electron chi connectivity index (χ1n) is 11.9. The lowest BCUT2D eigenvalue weighted by molar-refractivity contribution is -0.141. The third-order valence-electron chi connectivity index (χ3n) is 5.98. The Bertz CT molecular complexity index is 1060. The van der Waals surface area contributed by atoms with Gasteiger partial charge in [0, 0.05) is 30.5 Å². The molecule has 0 aromatic heterocycles. The van der Waals surface area contributed by atoms with E-state index in [1.54, 1.807) is 4.90 Å². The van der Waals surface area contributed by atoms with E-state index in [0.717, 1.165) is 23.1 Å². The third kappa shape index (κ3) is 7.74. The zero-order chi connectivity index (χ0) is 24.3. The molecule has 4 nitrogen and oxygen atoms in total. The van der Waals surface area contributed by atoms with Gasteiger partial charge in [0.05, 0.1) is 0 Å². The van der Waals surface area contributed by atoms with E-state index < -0.39 is 6.04 Å². The van der Waals surface area contributed by atoms with Gasteiger partial charge in [-0.2, -0.15) is 0 Å². The van der Waals surface area contributed by atoms with Gasteiger partial charge in [0.15, 0.2) is 0 Å². The van der Waals surface area contributed by atoms with Gasteiger partial charge in [-0.3, -0.25) is 9.59 Å². The number of nitrogens with zero attached hydrogens (tertiary/aromatic N) is 1. The van der Waals surface area contributed by atoms with Crippen LogP contribution in [0.3, 0.4) is 0 Å². The summed E-state index contributed by atoms with van der Waals surface area (Å²) in [5, 5.41) is 3.71. The summed E-state index contributed by atoms with van der Waals surface area (Å²) >= 11 is 6.23. The molecule has 1 N–H and O–H groups in total. The van der Waals surface area contributed by atoms with Gasteiger partial charge in [-0.05, 0) is 48.6 Å². The Balaban J connectivity index is 1.91. The molecule has 0 saturated carbocycles. The summed E-state index contributed by atoms with van der Waals surface area (Å²) in [6.07, 6.45) is 2.21. The molecule has 0 radical (unpaired) electrons. The van der Waals surface area contributed by atoms with Crippen LogP contribution >= 0.6 is 11.6 Å². The monoisotopic (exact) mass is 476 g/mol. The van der Waals surface area contributed by atoms with Crippen molar-refractivity contribution in [2.24, 2.45) is 0 Å². The van der Waals surface area contributed by atoms with Gasteiger partial charge in [0.25, 0.3) is 0 Å². The lowest BCUT2D eigenvalue weighted by Crippen LogP contribution is -2.52. The molecule has 0 fully saturated rings. The van der Waals surface area contributed by atoms with Crippen molar-refractivity contribution in [2.75, 3.05) is 0 Å². The molecule has 3 aromatic carbocycles. The second kappa shape index (κ2) is 13.0. The average Bonchev–Trinajstić information content (AvgIpc) is 2.85. The highest BCUT2D eigenvalue weighted by Crippen LogP contribution is 2.19. The van der Waals surface area contributed by atoms with Crippen molar-refractivity contribution >= 4 is 23.4 Å². The van der Waals surface area contributed by atoms with Crippen molar-refractivity contribution < 1.29 is 9.59 Å². The fourth-order valence-corrected chi connectivity index (χ4v) is 4.08. The van der Waals surface area contributed by atoms with Gasteiger partial charge in [-0.1, -0.05) is 91.3 Å². The average molecular weight is 477 g/mol. The van der Waals surface area contributed by atoms with E-state index >= 15 is 0 Å². The fraction of sp³-hybridized carbons (Fsp3) is 0.310. The molecule has 0 spiro atoms. The Kier molecular flexibility index (Phi) is 9.72. The number of benzene rings is 3. The normalized spacial score (nSPS) is 12.6. The maximum absolute atomic E-state index is 13.6. The molecule has 0 unspecified atom stereocenters. The van der Waals surface area contributed by atoms with E-state index in [-0.39, 0.29) is 17.9 Å². The lowest BCUT2D eigenvalue weighted by atomic mass is 10.0. The molecule has 5 heteroatoms. The third-order valence-corrected chi connectivity index (χ3v) is 6.22. The SMILES string of the molecule is CC[C@H](C)NC(=O)[C@H](Cc1ccccc1)N(Cc1cccc(Cl)c1)C(=O)CCc1ccccc1. The predicted molar refractivity (Wildman–Crippen MR) is 139 cm³/mol. The first-order valence-corrected chi connectivity index (χ1v) is 12.3. The number of aryl methyl sites for hydroxylation is 1. The molecule has 0 aliphatic rings. The van der Waals surface area contributed by atoms with Crippen molar-refractivity contribution in [3.8, 4) is 0 Å². The van der Waals surface area contributed by atoms with Crippen molar-refractivity contribution in [3.63, 3.8) is 0 Å². The van der Waals surface area contributed by atoms with E-state index in [4.69, 9.17) is 11.6 Å². The standard InChI is InChI=1S/C29H33ClN2O2/c1-3-22(2)31-29(34)27(20-24-13-8-5-9-14-24)32(21-25-15-10-16-26(30)19-25)28(33)18-17-23-11-6-4-7-12-23/h4-16,19,22,27H,3,17-18,20-21H2,1-2H3,(H,31,34)/t22-,27-/m0/s1. The minimum atomic E-state index is -0.626. The number of carbonyl (C=O) groups is 2. The highest BCUT2D eigenvalue weighted by molar-refractivity contribution is 6.30. The Labute approximate surface area is 207 Å². The topological polar surface area (TPSA) is 49.4 Å². The summed E-state index contributed by atoms with van der Waals surface area (Å²) in [5.74, 6) is -0.183. The predicted octanol–water partition coefficient (Wildman–Crippen LogP) is 5.83. The van der Waals surface area contributed by atoms with Gasteiger partial charge < -0.3 is 10.2 Å². The van der Waals surface area contributed by atoms with Crippen molar-refractivity contribution in [1.29, 1.82) is 0 Å². The smallest absolute Gasteiger partial charge is 0.243 e. The van der Waals surface area contributed by atoms with Crippen molar-refractivity contribution in [1.82, 2.24) is 10.2 Å². The number of hydrogen-bond acceptors (Lipinski definition) is 2. The number of nitrogens with one attached hydrogen (secondary N) is 1. The summed E-state index contributed by atoms with van der Waals surface area (Å²) < 4.78 is 0. The highest BCUT2D eigenvalue weighted by atomic mass is 35.5. The van der Waals surface area contributed by atoms with Gasteiger partial charge in [0.1, 0.15) is 6.04 Å². The van der Waals surface area contributed by atoms with Crippen LogP contribution in [0.1, 0.15) is 43.4 Å². The molecule has 34 heavy (non-hydrogen) atoms. The van der Waals surface area contributed by atoms with Crippen molar-refractivity contribution in [2.45, 2.75) is 58.2 Å². The highest BCUT2D eigenvalue weighted by Gasteiger charge is 2.30. The van der Waals surface area contributed by atoms with E-state index in [0.29, 0.717) is 30.8 Å². The van der Waals surface area contributed by atoms with Gasteiger partial charge in [-0.15, -0.1) is 0 Å². The second-order valence-electron chi connectivity index (χ2n) is 8.66. The molecule has 0 aliphatic carbocycles. The van der Waals surface area contributed by atoms with Gasteiger partial charge in [0.2, 0.25) is 11.8 Å². The Morgan fingerprint density at radius 3 is 2.12 bits per heavy atom. The van der Waals surface area contributed by atoms with Crippen LogP contribution in [0.2, 0.25) is 5.02 Å². The molecule has 3 rings (SSSR count). The van der Waals surface area contributed by atoms with Gasteiger partial charge in [-0.25, -0.2) is 0 Å². The van der Waals surface area contributed by atoms with Crippen LogP contribution in [-0.2, 0) is 29.0 Å².